The van der Waals surface area contributed by atoms with E-state index in [0.717, 1.165) is 18.6 Å². The van der Waals surface area contributed by atoms with Crippen LogP contribution in [0, 0.1) is 0 Å². The number of halogens is 2. The Morgan fingerprint density at radius 1 is 1.37 bits per heavy atom. The van der Waals surface area contributed by atoms with E-state index in [9.17, 15) is 8.78 Å². The smallest absolute Gasteiger partial charge is 0.263 e. The van der Waals surface area contributed by atoms with E-state index in [1.807, 2.05) is 0 Å². The number of ether oxygens (including phenoxy) is 2. The molecular weight excluding hydrogens is 252 g/mol. The molecule has 1 aliphatic heterocycles. The van der Waals surface area contributed by atoms with Gasteiger partial charge in [-0.1, -0.05) is 24.3 Å². The Balaban J connectivity index is 1.82. The number of hydrogen-bond acceptors (Lipinski definition) is 3. The first kappa shape index (κ1) is 14.4. The lowest BCUT2D eigenvalue weighted by atomic mass is 10.0. The number of nitrogens with one attached hydrogen (secondary N) is 1. The summed E-state index contributed by atoms with van der Waals surface area (Å²) in [5, 5.41) is 3.29. The zero-order valence-corrected chi connectivity index (χ0v) is 11.0. The van der Waals surface area contributed by atoms with Crippen LogP contribution in [0.3, 0.4) is 0 Å². The van der Waals surface area contributed by atoms with Gasteiger partial charge in [-0.25, -0.2) is 8.78 Å². The summed E-state index contributed by atoms with van der Waals surface area (Å²) in [6, 6.07) is 6.37. The highest BCUT2D eigenvalue weighted by molar-refractivity contribution is 5.23. The van der Waals surface area contributed by atoms with E-state index in [2.05, 4.69) is 5.32 Å². The molecule has 1 aromatic carbocycles. The summed E-state index contributed by atoms with van der Waals surface area (Å²) in [6.07, 6.45) is -1.53. The fourth-order valence-corrected chi connectivity index (χ4v) is 2.18. The number of alkyl halides is 2. The third-order valence-corrected chi connectivity index (χ3v) is 3.51. The van der Waals surface area contributed by atoms with Gasteiger partial charge in [0.1, 0.15) is 5.60 Å². The maximum Gasteiger partial charge on any atom is 0.263 e. The molecule has 5 heteroatoms. The second kappa shape index (κ2) is 6.41. The van der Waals surface area contributed by atoms with Crippen molar-refractivity contribution < 1.29 is 18.3 Å². The van der Waals surface area contributed by atoms with Crippen molar-refractivity contribution in [3.05, 3.63) is 35.4 Å². The molecule has 1 aromatic rings. The van der Waals surface area contributed by atoms with Gasteiger partial charge in [0, 0.05) is 38.8 Å². The fraction of sp³-hybridized carbons (Fsp3) is 0.571. The van der Waals surface area contributed by atoms with Crippen LogP contribution in [0.25, 0.3) is 0 Å². The van der Waals surface area contributed by atoms with Crippen molar-refractivity contribution in [2.45, 2.75) is 25.0 Å². The highest BCUT2D eigenvalue weighted by Crippen LogP contribution is 2.22. The second-order valence-electron chi connectivity index (χ2n) is 4.84. The van der Waals surface area contributed by atoms with Gasteiger partial charge in [-0.05, 0) is 5.56 Å². The number of rotatable bonds is 6. The van der Waals surface area contributed by atoms with Gasteiger partial charge < -0.3 is 14.8 Å². The summed E-state index contributed by atoms with van der Waals surface area (Å²) in [4.78, 5) is 0. The monoisotopic (exact) mass is 271 g/mol. The Bertz CT molecular complexity index is 389. The molecule has 1 heterocycles. The first-order valence-electron chi connectivity index (χ1n) is 6.36. The van der Waals surface area contributed by atoms with Gasteiger partial charge in [0.15, 0.2) is 0 Å². The molecule has 1 aliphatic rings. The summed E-state index contributed by atoms with van der Waals surface area (Å²) in [6.45, 7) is 2.65. The van der Waals surface area contributed by atoms with Gasteiger partial charge in [0.2, 0.25) is 0 Å². The van der Waals surface area contributed by atoms with Gasteiger partial charge in [0.25, 0.3) is 6.43 Å². The van der Waals surface area contributed by atoms with Crippen LogP contribution in [0.15, 0.2) is 24.3 Å². The molecule has 1 unspecified atom stereocenters. The molecule has 1 N–H and O–H groups in total. The summed E-state index contributed by atoms with van der Waals surface area (Å²) >= 11 is 0. The van der Waals surface area contributed by atoms with E-state index in [1.54, 1.807) is 19.2 Å². The number of methoxy groups -OCH3 is 1. The van der Waals surface area contributed by atoms with Crippen LogP contribution >= 0.6 is 0 Å². The number of hydrogen-bond donors (Lipinski definition) is 1. The van der Waals surface area contributed by atoms with Gasteiger partial charge in [0.05, 0.1) is 6.61 Å². The Hall–Kier alpha value is -1.04. The lowest BCUT2D eigenvalue weighted by Crippen LogP contribution is -2.42. The van der Waals surface area contributed by atoms with Crippen molar-refractivity contribution in [1.29, 1.82) is 0 Å². The van der Waals surface area contributed by atoms with E-state index < -0.39 is 6.43 Å². The van der Waals surface area contributed by atoms with E-state index in [1.165, 1.54) is 12.1 Å². The minimum atomic E-state index is -2.41. The zero-order chi connectivity index (χ0) is 13.7. The lowest BCUT2D eigenvalue weighted by Gasteiger charge is -2.26. The molecule has 19 heavy (non-hydrogen) atoms. The molecule has 0 spiro atoms. The normalized spacial score (nSPS) is 23.2. The largest absolute Gasteiger partial charge is 0.378 e. The van der Waals surface area contributed by atoms with Crippen LogP contribution in [0.2, 0.25) is 0 Å². The summed E-state index contributed by atoms with van der Waals surface area (Å²) in [7, 11) is 1.69. The van der Waals surface area contributed by atoms with Crippen molar-refractivity contribution in [2.24, 2.45) is 0 Å². The molecule has 1 fully saturated rings. The van der Waals surface area contributed by atoms with Crippen LogP contribution in [0.1, 0.15) is 24.0 Å². The SMILES string of the molecule is COC1(CNCc2ccc(C(F)F)cc2)CCOC1. The molecule has 1 atom stereocenters. The van der Waals surface area contributed by atoms with E-state index in [4.69, 9.17) is 9.47 Å². The van der Waals surface area contributed by atoms with Crippen molar-refractivity contribution in [2.75, 3.05) is 26.9 Å². The standard InChI is InChI=1S/C14H19F2NO2/c1-18-14(6-7-19-10-14)9-17-8-11-2-4-12(5-3-11)13(15)16/h2-5,13,17H,6-10H2,1H3. The third kappa shape index (κ3) is 3.72. The average molecular weight is 271 g/mol. The van der Waals surface area contributed by atoms with Gasteiger partial charge in [-0.2, -0.15) is 0 Å². The Labute approximate surface area is 111 Å². The fourth-order valence-electron chi connectivity index (χ4n) is 2.18. The molecule has 0 radical (unpaired) electrons. The molecule has 0 aromatic heterocycles. The Morgan fingerprint density at radius 3 is 2.63 bits per heavy atom. The van der Waals surface area contributed by atoms with E-state index in [0.29, 0.717) is 19.7 Å². The molecule has 0 bridgehead atoms. The average Bonchev–Trinajstić information content (AvgIpc) is 2.89. The maximum atomic E-state index is 12.4. The molecule has 3 nitrogen and oxygen atoms in total. The first-order chi connectivity index (χ1) is 9.15. The third-order valence-electron chi connectivity index (χ3n) is 3.51. The van der Waals surface area contributed by atoms with Crippen LogP contribution in [0.4, 0.5) is 8.78 Å². The molecule has 106 valence electrons. The topological polar surface area (TPSA) is 30.5 Å². The summed E-state index contributed by atoms with van der Waals surface area (Å²) < 4.78 is 35.7. The minimum Gasteiger partial charge on any atom is -0.378 e. The first-order valence-corrected chi connectivity index (χ1v) is 6.36. The van der Waals surface area contributed by atoms with Gasteiger partial charge in [-0.3, -0.25) is 0 Å². The Morgan fingerprint density at radius 2 is 2.11 bits per heavy atom. The van der Waals surface area contributed by atoms with Crippen LogP contribution < -0.4 is 5.32 Å². The summed E-state index contributed by atoms with van der Waals surface area (Å²) in [5.74, 6) is 0. The van der Waals surface area contributed by atoms with Crippen molar-refractivity contribution >= 4 is 0 Å². The van der Waals surface area contributed by atoms with Crippen molar-refractivity contribution in [3.8, 4) is 0 Å². The van der Waals surface area contributed by atoms with Crippen molar-refractivity contribution in [3.63, 3.8) is 0 Å². The molecule has 0 saturated carbocycles. The van der Waals surface area contributed by atoms with Crippen molar-refractivity contribution in [1.82, 2.24) is 5.32 Å². The molecule has 0 amide bonds. The predicted octanol–water partition coefficient (Wildman–Crippen LogP) is 2.52. The van der Waals surface area contributed by atoms with Crippen LogP contribution in [-0.2, 0) is 16.0 Å². The predicted molar refractivity (Wildman–Crippen MR) is 68.3 cm³/mol. The summed E-state index contributed by atoms with van der Waals surface area (Å²) in [5.41, 5.74) is 0.791. The lowest BCUT2D eigenvalue weighted by molar-refractivity contribution is -0.0159. The maximum absolute atomic E-state index is 12.4. The minimum absolute atomic E-state index is 0.0568. The highest BCUT2D eigenvalue weighted by Gasteiger charge is 2.34. The van der Waals surface area contributed by atoms with Gasteiger partial charge >= 0.3 is 0 Å². The van der Waals surface area contributed by atoms with Crippen LogP contribution in [0.5, 0.6) is 0 Å². The second-order valence-corrected chi connectivity index (χ2v) is 4.84. The Kier molecular flexibility index (Phi) is 4.85. The molecule has 2 rings (SSSR count). The molecular formula is C14H19F2NO2. The quantitative estimate of drug-likeness (QED) is 0.862. The van der Waals surface area contributed by atoms with E-state index in [-0.39, 0.29) is 11.2 Å². The van der Waals surface area contributed by atoms with Crippen LogP contribution in [-0.4, -0.2) is 32.5 Å². The van der Waals surface area contributed by atoms with Gasteiger partial charge in [-0.15, -0.1) is 0 Å². The van der Waals surface area contributed by atoms with E-state index >= 15 is 0 Å². The molecule has 0 aliphatic carbocycles. The highest BCUT2D eigenvalue weighted by atomic mass is 19.3. The number of benzene rings is 1. The zero-order valence-electron chi connectivity index (χ0n) is 11.0. The molecule has 1 saturated heterocycles.